The predicted molar refractivity (Wildman–Crippen MR) is 138 cm³/mol. The van der Waals surface area contributed by atoms with Gasteiger partial charge in [0.05, 0.1) is 19.3 Å². The number of anilines is 1. The zero-order valence-corrected chi connectivity index (χ0v) is 20.8. The van der Waals surface area contributed by atoms with Crippen LogP contribution in [0.3, 0.4) is 0 Å². The van der Waals surface area contributed by atoms with Gasteiger partial charge in [-0.2, -0.15) is 5.26 Å². The topological polar surface area (TPSA) is 97.7 Å². The van der Waals surface area contributed by atoms with E-state index in [1.165, 1.54) is 17.2 Å². The van der Waals surface area contributed by atoms with E-state index in [4.69, 9.17) is 14.2 Å². The second-order valence-corrected chi connectivity index (χ2v) is 8.03. The molecule has 0 radical (unpaired) electrons. The first kappa shape index (κ1) is 26.0. The number of carbonyl (C=O) groups is 2. The molecule has 3 aromatic rings. The molecule has 0 atom stereocenters. The SMILES string of the molecule is CCOC(=O)c1ccc(NC(=O)/C(C#N)=C/c2ccc(OC)cc2OCc2ccc(C)c(C)c2)cc1. The van der Waals surface area contributed by atoms with Gasteiger partial charge in [0.1, 0.15) is 29.7 Å². The molecule has 3 aromatic carbocycles. The molecule has 0 bridgehead atoms. The first-order chi connectivity index (χ1) is 17.3. The maximum atomic E-state index is 12.8. The highest BCUT2D eigenvalue weighted by atomic mass is 16.5. The van der Waals surface area contributed by atoms with Gasteiger partial charge in [-0.3, -0.25) is 4.79 Å². The maximum absolute atomic E-state index is 12.8. The summed E-state index contributed by atoms with van der Waals surface area (Å²) < 4.78 is 16.3. The number of aryl methyl sites for hydroxylation is 2. The van der Waals surface area contributed by atoms with E-state index in [-0.39, 0.29) is 12.2 Å². The predicted octanol–water partition coefficient (Wildman–Crippen LogP) is 5.61. The number of hydrogen-bond acceptors (Lipinski definition) is 6. The third-order valence-corrected chi connectivity index (χ3v) is 5.51. The van der Waals surface area contributed by atoms with Crippen LogP contribution in [0.5, 0.6) is 11.5 Å². The molecule has 0 aliphatic carbocycles. The van der Waals surface area contributed by atoms with Gasteiger partial charge in [-0.15, -0.1) is 0 Å². The number of ether oxygens (including phenoxy) is 3. The number of nitrogens with zero attached hydrogens (tertiary/aromatic N) is 1. The normalized spacial score (nSPS) is 10.8. The number of nitriles is 1. The van der Waals surface area contributed by atoms with E-state index in [1.807, 2.05) is 32.0 Å². The highest BCUT2D eigenvalue weighted by Gasteiger charge is 2.13. The van der Waals surface area contributed by atoms with Crippen LogP contribution in [-0.4, -0.2) is 25.6 Å². The standard InChI is InChI=1S/C29H28N2O5/c1-5-35-29(33)22-8-11-25(12-9-22)31-28(32)24(17-30)15-23-10-13-26(34-4)16-27(23)36-18-21-7-6-19(2)20(3)14-21/h6-16H,5,18H2,1-4H3,(H,31,32)/b24-15+. The van der Waals surface area contributed by atoms with Crippen LogP contribution in [0.1, 0.15) is 39.5 Å². The van der Waals surface area contributed by atoms with Gasteiger partial charge in [0, 0.05) is 17.3 Å². The average Bonchev–Trinajstić information content (AvgIpc) is 2.88. The maximum Gasteiger partial charge on any atom is 0.338 e. The number of amides is 1. The van der Waals surface area contributed by atoms with Crippen molar-refractivity contribution in [1.82, 2.24) is 0 Å². The summed E-state index contributed by atoms with van der Waals surface area (Å²) in [6.07, 6.45) is 1.47. The lowest BCUT2D eigenvalue weighted by Gasteiger charge is -2.13. The van der Waals surface area contributed by atoms with E-state index < -0.39 is 11.9 Å². The minimum Gasteiger partial charge on any atom is -0.497 e. The Morgan fingerprint density at radius 3 is 2.39 bits per heavy atom. The summed E-state index contributed by atoms with van der Waals surface area (Å²) in [5.41, 5.74) is 4.63. The van der Waals surface area contributed by atoms with Crippen LogP contribution in [0, 0.1) is 25.2 Å². The van der Waals surface area contributed by atoms with Crippen LogP contribution in [0.2, 0.25) is 0 Å². The van der Waals surface area contributed by atoms with Crippen LogP contribution in [0.4, 0.5) is 5.69 Å². The van der Waals surface area contributed by atoms with Crippen LogP contribution in [-0.2, 0) is 16.1 Å². The Labute approximate surface area is 210 Å². The first-order valence-corrected chi connectivity index (χ1v) is 11.4. The molecule has 0 aliphatic rings. The first-order valence-electron chi connectivity index (χ1n) is 11.4. The van der Waals surface area contributed by atoms with Gasteiger partial charge in [-0.1, -0.05) is 18.2 Å². The smallest absolute Gasteiger partial charge is 0.338 e. The summed E-state index contributed by atoms with van der Waals surface area (Å²) in [6, 6.07) is 19.5. The van der Waals surface area contributed by atoms with Crippen molar-refractivity contribution in [2.24, 2.45) is 0 Å². The van der Waals surface area contributed by atoms with Crippen molar-refractivity contribution in [3.8, 4) is 17.6 Å². The van der Waals surface area contributed by atoms with E-state index in [0.717, 1.165) is 5.56 Å². The van der Waals surface area contributed by atoms with Crippen molar-refractivity contribution in [1.29, 1.82) is 5.26 Å². The summed E-state index contributed by atoms with van der Waals surface area (Å²) in [7, 11) is 1.55. The lowest BCUT2D eigenvalue weighted by molar-refractivity contribution is -0.112. The lowest BCUT2D eigenvalue weighted by atomic mass is 10.1. The zero-order valence-electron chi connectivity index (χ0n) is 20.8. The van der Waals surface area contributed by atoms with Gasteiger partial charge >= 0.3 is 5.97 Å². The lowest BCUT2D eigenvalue weighted by Crippen LogP contribution is -2.14. The number of methoxy groups -OCH3 is 1. The Hall–Kier alpha value is -4.57. The summed E-state index contributed by atoms with van der Waals surface area (Å²) in [6.45, 7) is 6.41. The monoisotopic (exact) mass is 484 g/mol. The largest absolute Gasteiger partial charge is 0.497 e. The molecule has 7 heteroatoms. The third-order valence-electron chi connectivity index (χ3n) is 5.51. The van der Waals surface area contributed by atoms with E-state index in [9.17, 15) is 14.9 Å². The van der Waals surface area contributed by atoms with E-state index in [2.05, 4.69) is 11.4 Å². The third kappa shape index (κ3) is 6.73. The molecule has 0 saturated heterocycles. The molecule has 1 N–H and O–H groups in total. The molecule has 0 aromatic heterocycles. The molecule has 184 valence electrons. The van der Waals surface area contributed by atoms with Crippen LogP contribution >= 0.6 is 0 Å². The van der Waals surface area contributed by atoms with Crippen molar-refractivity contribution in [2.45, 2.75) is 27.4 Å². The summed E-state index contributed by atoms with van der Waals surface area (Å²) in [5, 5.41) is 12.3. The zero-order chi connectivity index (χ0) is 26.1. The number of nitrogens with one attached hydrogen (secondary N) is 1. The van der Waals surface area contributed by atoms with Gasteiger partial charge in [-0.05, 0) is 79.9 Å². The number of rotatable bonds is 9. The number of carbonyl (C=O) groups excluding carboxylic acids is 2. The van der Waals surface area contributed by atoms with Crippen LogP contribution < -0.4 is 14.8 Å². The Bertz CT molecular complexity index is 1320. The molecule has 0 saturated carbocycles. The summed E-state index contributed by atoms with van der Waals surface area (Å²) in [4.78, 5) is 24.6. The Balaban J connectivity index is 1.80. The second-order valence-electron chi connectivity index (χ2n) is 8.03. The Kier molecular flexibility index (Phi) is 8.84. The minimum atomic E-state index is -0.586. The molecular formula is C29H28N2O5. The summed E-state index contributed by atoms with van der Waals surface area (Å²) >= 11 is 0. The van der Waals surface area contributed by atoms with Crippen LogP contribution in [0.25, 0.3) is 6.08 Å². The molecule has 0 fully saturated rings. The van der Waals surface area contributed by atoms with Gasteiger partial charge in [-0.25, -0.2) is 4.79 Å². The quantitative estimate of drug-likeness (QED) is 0.241. The molecule has 7 nitrogen and oxygen atoms in total. The highest BCUT2D eigenvalue weighted by Crippen LogP contribution is 2.28. The van der Waals surface area contributed by atoms with Gasteiger partial charge < -0.3 is 19.5 Å². The van der Waals surface area contributed by atoms with Crippen molar-refractivity contribution >= 4 is 23.6 Å². The second kappa shape index (κ2) is 12.2. The van der Waals surface area contributed by atoms with Crippen molar-refractivity contribution < 1.29 is 23.8 Å². The van der Waals surface area contributed by atoms with Crippen molar-refractivity contribution in [2.75, 3.05) is 19.0 Å². The van der Waals surface area contributed by atoms with Crippen molar-refractivity contribution in [3.05, 3.63) is 94.1 Å². The molecule has 0 spiro atoms. The van der Waals surface area contributed by atoms with Gasteiger partial charge in [0.25, 0.3) is 5.91 Å². The van der Waals surface area contributed by atoms with Gasteiger partial charge in [0.2, 0.25) is 0 Å². The Morgan fingerprint density at radius 2 is 1.75 bits per heavy atom. The molecule has 1 amide bonds. The van der Waals surface area contributed by atoms with Crippen molar-refractivity contribution in [3.63, 3.8) is 0 Å². The molecule has 0 unspecified atom stereocenters. The van der Waals surface area contributed by atoms with Crippen LogP contribution in [0.15, 0.2) is 66.2 Å². The highest BCUT2D eigenvalue weighted by molar-refractivity contribution is 6.10. The number of esters is 1. The fraction of sp³-hybridized carbons (Fsp3) is 0.207. The molecule has 0 aliphatic heterocycles. The average molecular weight is 485 g/mol. The molecule has 36 heavy (non-hydrogen) atoms. The fourth-order valence-corrected chi connectivity index (χ4v) is 3.35. The molecular weight excluding hydrogens is 456 g/mol. The molecule has 0 heterocycles. The van der Waals surface area contributed by atoms with E-state index in [0.29, 0.717) is 34.9 Å². The minimum absolute atomic E-state index is 0.106. The Morgan fingerprint density at radius 1 is 1.00 bits per heavy atom. The fourth-order valence-electron chi connectivity index (χ4n) is 3.35. The summed E-state index contributed by atoms with van der Waals surface area (Å²) in [5.74, 6) is 0.0388. The van der Waals surface area contributed by atoms with Gasteiger partial charge in [0.15, 0.2) is 0 Å². The van der Waals surface area contributed by atoms with E-state index in [1.54, 1.807) is 56.5 Å². The number of hydrogen-bond donors (Lipinski definition) is 1. The number of benzene rings is 3. The van der Waals surface area contributed by atoms with E-state index >= 15 is 0 Å². The molecule has 3 rings (SSSR count).